The fraction of sp³-hybridized carbons (Fsp3) is 0.200. The van der Waals surface area contributed by atoms with Crippen LogP contribution in [0.25, 0.3) is 6.08 Å². The van der Waals surface area contributed by atoms with E-state index in [9.17, 15) is 9.59 Å². The van der Waals surface area contributed by atoms with Crippen molar-refractivity contribution >= 4 is 52.3 Å². The van der Waals surface area contributed by atoms with Crippen molar-refractivity contribution in [1.82, 2.24) is 10.9 Å². The summed E-state index contributed by atoms with van der Waals surface area (Å²) in [4.78, 5) is 25.5. The third-order valence-corrected chi connectivity index (χ3v) is 6.54. The Balaban J connectivity index is 1.74. The predicted molar refractivity (Wildman–Crippen MR) is 92.7 cm³/mol. The average Bonchev–Trinajstić information content (AvgIpc) is 3.19. The van der Waals surface area contributed by atoms with Crippen LogP contribution in [0.2, 0.25) is 0 Å². The third kappa shape index (κ3) is 2.97. The molecule has 2 aromatic rings. The van der Waals surface area contributed by atoms with Gasteiger partial charge in [0.2, 0.25) is 0 Å². The molecule has 0 radical (unpaired) electrons. The molecule has 0 spiro atoms. The topological polar surface area (TPSA) is 58.2 Å². The van der Waals surface area contributed by atoms with Gasteiger partial charge in [-0.3, -0.25) is 20.4 Å². The quantitative estimate of drug-likeness (QED) is 0.657. The minimum atomic E-state index is -0.293. The second kappa shape index (κ2) is 6.68. The SMILES string of the molecule is CSc1sc(C(=O)NNC(=O)c2cccs2)c2c1C=CCC2. The normalized spacial score (nSPS) is 12.8. The van der Waals surface area contributed by atoms with Gasteiger partial charge in [-0.05, 0) is 36.1 Å². The summed E-state index contributed by atoms with van der Waals surface area (Å²) in [5, 5.41) is 1.82. The number of hydrazine groups is 1. The van der Waals surface area contributed by atoms with E-state index in [0.717, 1.165) is 28.2 Å². The van der Waals surface area contributed by atoms with E-state index < -0.39 is 0 Å². The van der Waals surface area contributed by atoms with Gasteiger partial charge in [-0.15, -0.1) is 34.4 Å². The number of hydrogen-bond donors (Lipinski definition) is 2. The van der Waals surface area contributed by atoms with Crippen LogP contribution in [-0.2, 0) is 6.42 Å². The molecule has 1 aliphatic carbocycles. The second-order valence-electron chi connectivity index (χ2n) is 4.64. The van der Waals surface area contributed by atoms with Gasteiger partial charge < -0.3 is 0 Å². The Labute approximate surface area is 140 Å². The minimum Gasteiger partial charge on any atom is -0.266 e. The molecule has 22 heavy (non-hydrogen) atoms. The lowest BCUT2D eigenvalue weighted by atomic mass is 10.00. The molecule has 0 saturated heterocycles. The highest BCUT2D eigenvalue weighted by molar-refractivity contribution is 8.00. The molecule has 2 amide bonds. The lowest BCUT2D eigenvalue weighted by molar-refractivity contribution is 0.0850. The molecule has 0 unspecified atom stereocenters. The first-order chi connectivity index (χ1) is 10.7. The number of hydrogen-bond acceptors (Lipinski definition) is 5. The van der Waals surface area contributed by atoms with E-state index in [2.05, 4.69) is 23.0 Å². The van der Waals surface area contributed by atoms with E-state index in [1.54, 1.807) is 23.9 Å². The van der Waals surface area contributed by atoms with Crippen molar-refractivity contribution in [3.63, 3.8) is 0 Å². The van der Waals surface area contributed by atoms with Crippen LogP contribution in [0.15, 0.2) is 27.8 Å². The van der Waals surface area contributed by atoms with Gasteiger partial charge in [-0.25, -0.2) is 0 Å². The summed E-state index contributed by atoms with van der Waals surface area (Å²) >= 11 is 4.47. The smallest absolute Gasteiger partial charge is 0.266 e. The Hall–Kier alpha value is -1.57. The summed E-state index contributed by atoms with van der Waals surface area (Å²) in [6.07, 6.45) is 8.04. The van der Waals surface area contributed by atoms with Crippen molar-refractivity contribution in [2.45, 2.75) is 17.1 Å². The van der Waals surface area contributed by atoms with Crippen molar-refractivity contribution < 1.29 is 9.59 Å². The Morgan fingerprint density at radius 3 is 2.82 bits per heavy atom. The number of carbonyl (C=O) groups excluding carboxylic acids is 2. The average molecular weight is 350 g/mol. The van der Waals surface area contributed by atoms with Crippen molar-refractivity contribution in [3.8, 4) is 0 Å². The number of rotatable bonds is 3. The zero-order valence-corrected chi connectivity index (χ0v) is 14.3. The van der Waals surface area contributed by atoms with Crippen LogP contribution in [0.4, 0.5) is 0 Å². The van der Waals surface area contributed by atoms with Gasteiger partial charge >= 0.3 is 0 Å². The standard InChI is InChI=1S/C15H14N2O2S3/c1-20-15-10-6-3-2-5-9(10)12(22-15)14(19)17-16-13(18)11-7-4-8-21-11/h3-4,6-8H,2,5H2,1H3,(H,16,18)(H,17,19). The van der Waals surface area contributed by atoms with E-state index in [0.29, 0.717) is 9.75 Å². The molecule has 2 N–H and O–H groups in total. The fourth-order valence-corrected chi connectivity index (χ4v) is 4.85. The van der Waals surface area contributed by atoms with Crippen LogP contribution in [0.3, 0.4) is 0 Å². The van der Waals surface area contributed by atoms with Crippen LogP contribution in [0, 0.1) is 0 Å². The second-order valence-corrected chi connectivity index (χ2v) is 7.68. The van der Waals surface area contributed by atoms with Crippen molar-refractivity contribution in [2.24, 2.45) is 0 Å². The number of nitrogens with one attached hydrogen (secondary N) is 2. The van der Waals surface area contributed by atoms with Crippen LogP contribution in [0.1, 0.15) is 36.9 Å². The highest BCUT2D eigenvalue weighted by Crippen LogP contribution is 2.38. The summed E-state index contributed by atoms with van der Waals surface area (Å²) in [5.41, 5.74) is 7.23. The number of amides is 2. The monoisotopic (exact) mass is 350 g/mol. The summed E-state index contributed by atoms with van der Waals surface area (Å²) in [7, 11) is 0. The van der Waals surface area contributed by atoms with Crippen molar-refractivity contribution in [1.29, 1.82) is 0 Å². The van der Waals surface area contributed by atoms with E-state index in [1.807, 2.05) is 11.6 Å². The zero-order chi connectivity index (χ0) is 15.5. The molecular formula is C15H14N2O2S3. The number of thioether (sulfide) groups is 1. The molecule has 7 heteroatoms. The number of thiophene rings is 2. The molecule has 0 fully saturated rings. The van der Waals surface area contributed by atoms with Gasteiger partial charge in [0.1, 0.15) is 0 Å². The molecule has 0 aromatic carbocycles. The maximum Gasteiger partial charge on any atom is 0.280 e. The molecule has 4 nitrogen and oxygen atoms in total. The lowest BCUT2D eigenvalue weighted by Crippen LogP contribution is -2.41. The Morgan fingerprint density at radius 1 is 1.27 bits per heavy atom. The maximum absolute atomic E-state index is 12.4. The summed E-state index contributed by atoms with van der Waals surface area (Å²) < 4.78 is 1.14. The van der Waals surface area contributed by atoms with E-state index in [-0.39, 0.29) is 11.8 Å². The molecule has 0 saturated carbocycles. The minimum absolute atomic E-state index is 0.248. The third-order valence-electron chi connectivity index (χ3n) is 3.29. The van der Waals surface area contributed by atoms with Gasteiger partial charge in [0, 0.05) is 5.56 Å². The Morgan fingerprint density at radius 2 is 2.09 bits per heavy atom. The van der Waals surface area contributed by atoms with E-state index >= 15 is 0 Å². The lowest BCUT2D eigenvalue weighted by Gasteiger charge is -2.09. The van der Waals surface area contributed by atoms with Crippen molar-refractivity contribution in [3.05, 3.63) is 44.5 Å². The highest BCUT2D eigenvalue weighted by atomic mass is 32.2. The van der Waals surface area contributed by atoms with Crippen LogP contribution < -0.4 is 10.9 Å². The van der Waals surface area contributed by atoms with Gasteiger partial charge in [0.15, 0.2) is 0 Å². The fourth-order valence-electron chi connectivity index (χ4n) is 2.28. The maximum atomic E-state index is 12.4. The van der Waals surface area contributed by atoms with Gasteiger partial charge in [0.25, 0.3) is 11.8 Å². The predicted octanol–water partition coefficient (Wildman–Crippen LogP) is 3.57. The summed E-state index contributed by atoms with van der Waals surface area (Å²) in [6, 6.07) is 3.52. The summed E-state index contributed by atoms with van der Waals surface area (Å²) in [6.45, 7) is 0. The number of fused-ring (bicyclic) bond motifs is 1. The molecule has 0 aliphatic heterocycles. The van der Waals surface area contributed by atoms with E-state index in [1.165, 1.54) is 22.7 Å². The first kappa shape index (κ1) is 15.3. The van der Waals surface area contributed by atoms with E-state index in [4.69, 9.17) is 0 Å². The highest BCUT2D eigenvalue weighted by Gasteiger charge is 2.22. The number of carbonyl (C=O) groups is 2. The first-order valence-corrected chi connectivity index (χ1v) is 9.63. The molecule has 114 valence electrons. The molecule has 0 atom stereocenters. The Bertz CT molecular complexity index is 732. The van der Waals surface area contributed by atoms with Gasteiger partial charge in [-0.2, -0.15) is 0 Å². The molecule has 1 aliphatic rings. The van der Waals surface area contributed by atoms with Crippen LogP contribution in [-0.4, -0.2) is 18.1 Å². The molecule has 2 aromatic heterocycles. The van der Waals surface area contributed by atoms with Crippen LogP contribution in [0.5, 0.6) is 0 Å². The number of allylic oxidation sites excluding steroid dienone is 1. The van der Waals surface area contributed by atoms with Gasteiger partial charge in [-0.1, -0.05) is 18.2 Å². The largest absolute Gasteiger partial charge is 0.280 e. The Kier molecular flexibility index (Phi) is 4.66. The van der Waals surface area contributed by atoms with Crippen molar-refractivity contribution in [2.75, 3.05) is 6.26 Å². The molecule has 2 heterocycles. The zero-order valence-electron chi connectivity index (χ0n) is 11.8. The first-order valence-electron chi connectivity index (χ1n) is 6.71. The molecule has 0 bridgehead atoms. The summed E-state index contributed by atoms with van der Waals surface area (Å²) in [5.74, 6) is -0.541. The van der Waals surface area contributed by atoms with Crippen LogP contribution >= 0.6 is 34.4 Å². The molecular weight excluding hydrogens is 336 g/mol. The van der Waals surface area contributed by atoms with Gasteiger partial charge in [0.05, 0.1) is 14.0 Å². The molecule has 3 rings (SSSR count).